The predicted octanol–water partition coefficient (Wildman–Crippen LogP) is 3.23. The molecule has 0 unspecified atom stereocenters. The van der Waals surface area contributed by atoms with Gasteiger partial charge in [0.25, 0.3) is 0 Å². The average molecular weight is 371 g/mol. The molecule has 0 aliphatic carbocycles. The molecule has 1 aliphatic rings. The highest BCUT2D eigenvalue weighted by atomic mass is 32.1. The fraction of sp³-hybridized carbons (Fsp3) is 0.526. The fourth-order valence-electron chi connectivity index (χ4n) is 3.68. The molecule has 1 aliphatic heterocycles. The van der Waals surface area contributed by atoms with E-state index in [-0.39, 0.29) is 0 Å². The molecule has 4 rings (SSSR count). The van der Waals surface area contributed by atoms with Gasteiger partial charge in [-0.15, -0.1) is 11.3 Å². The van der Waals surface area contributed by atoms with Gasteiger partial charge in [-0.3, -0.25) is 4.68 Å². The van der Waals surface area contributed by atoms with Crippen molar-refractivity contribution >= 4 is 27.4 Å². The lowest BCUT2D eigenvalue weighted by Gasteiger charge is -2.34. The Labute approximate surface area is 158 Å². The van der Waals surface area contributed by atoms with Gasteiger partial charge in [-0.1, -0.05) is 0 Å². The molecular weight excluding hydrogens is 344 g/mol. The highest BCUT2D eigenvalue weighted by molar-refractivity contribution is 7.18. The van der Waals surface area contributed by atoms with E-state index in [1.165, 1.54) is 10.3 Å². The van der Waals surface area contributed by atoms with E-state index in [1.807, 2.05) is 23.1 Å². The number of aryl methyl sites for hydroxylation is 2. The summed E-state index contributed by atoms with van der Waals surface area (Å²) in [5.41, 5.74) is 2.35. The molecule has 0 aromatic carbocycles. The second kappa shape index (κ2) is 7.72. The van der Waals surface area contributed by atoms with Crippen LogP contribution in [0.25, 0.3) is 10.2 Å². The topological polar surface area (TPSA) is 58.9 Å². The van der Waals surface area contributed by atoms with Crippen molar-refractivity contribution < 1.29 is 0 Å². The lowest BCUT2D eigenvalue weighted by molar-refractivity contribution is 0.354. The quantitative estimate of drug-likeness (QED) is 0.722. The van der Waals surface area contributed by atoms with Crippen LogP contribution in [0.4, 0.5) is 5.82 Å². The first-order valence-electron chi connectivity index (χ1n) is 9.38. The maximum atomic E-state index is 4.58. The van der Waals surface area contributed by atoms with Crippen LogP contribution < -0.4 is 10.2 Å². The summed E-state index contributed by atoms with van der Waals surface area (Å²) < 4.78 is 3.23. The molecule has 6 nitrogen and oxygen atoms in total. The lowest BCUT2D eigenvalue weighted by atomic mass is 10.0. The zero-order valence-electron chi connectivity index (χ0n) is 15.4. The number of aromatic nitrogens is 4. The number of piperidine rings is 1. The van der Waals surface area contributed by atoms with E-state index >= 15 is 0 Å². The monoisotopic (exact) mass is 370 g/mol. The Morgan fingerprint density at radius 1 is 1.31 bits per heavy atom. The molecule has 1 atom stereocenters. The van der Waals surface area contributed by atoms with Crippen molar-refractivity contribution in [2.75, 3.05) is 18.0 Å². The number of nitrogens with one attached hydrogen (secondary N) is 1. The minimum atomic E-state index is 0.501. The summed E-state index contributed by atoms with van der Waals surface area (Å²) in [6, 6.07) is 3.07. The number of fused-ring (bicyclic) bond motifs is 1. The molecule has 1 N–H and O–H groups in total. The zero-order chi connectivity index (χ0) is 17.9. The summed E-state index contributed by atoms with van der Waals surface area (Å²) in [6.07, 6.45) is 8.98. The largest absolute Gasteiger partial charge is 0.355 e. The second-order valence-electron chi connectivity index (χ2n) is 7.18. The molecule has 0 amide bonds. The number of nitrogens with zero attached hydrogens (tertiary/aromatic N) is 5. The highest BCUT2D eigenvalue weighted by Crippen LogP contribution is 2.32. The Morgan fingerprint density at radius 3 is 2.92 bits per heavy atom. The Morgan fingerprint density at radius 2 is 2.15 bits per heavy atom. The van der Waals surface area contributed by atoms with Gasteiger partial charge in [-0.25, -0.2) is 9.97 Å². The number of anilines is 1. The van der Waals surface area contributed by atoms with E-state index in [9.17, 15) is 0 Å². The van der Waals surface area contributed by atoms with Crippen molar-refractivity contribution in [3.05, 3.63) is 35.7 Å². The van der Waals surface area contributed by atoms with Crippen LogP contribution in [0.3, 0.4) is 0 Å². The van der Waals surface area contributed by atoms with Crippen LogP contribution in [0.5, 0.6) is 0 Å². The van der Waals surface area contributed by atoms with E-state index in [1.54, 1.807) is 17.7 Å². The van der Waals surface area contributed by atoms with E-state index in [4.69, 9.17) is 0 Å². The van der Waals surface area contributed by atoms with Crippen molar-refractivity contribution in [1.29, 1.82) is 0 Å². The Kier molecular flexibility index (Phi) is 5.17. The van der Waals surface area contributed by atoms with Crippen LogP contribution in [-0.2, 0) is 6.54 Å². The minimum Gasteiger partial charge on any atom is -0.355 e. The van der Waals surface area contributed by atoms with Gasteiger partial charge < -0.3 is 10.2 Å². The Balaban J connectivity index is 1.31. The molecule has 3 aromatic heterocycles. The first-order valence-corrected chi connectivity index (χ1v) is 10.3. The first-order chi connectivity index (χ1) is 12.7. The second-order valence-corrected chi connectivity index (χ2v) is 8.06. The van der Waals surface area contributed by atoms with E-state index in [2.05, 4.69) is 44.5 Å². The van der Waals surface area contributed by atoms with Crippen molar-refractivity contribution in [2.24, 2.45) is 0 Å². The smallest absolute Gasteiger partial charge is 0.150 e. The molecule has 0 radical (unpaired) electrons. The SMILES string of the molecule is Cc1csc2c(N3CCC(N[C@H](C)CCn4cccn4)CC3)ncnc12. The van der Waals surface area contributed by atoms with Gasteiger partial charge in [0.2, 0.25) is 0 Å². The van der Waals surface area contributed by atoms with Crippen LogP contribution in [-0.4, -0.2) is 44.9 Å². The van der Waals surface area contributed by atoms with Gasteiger partial charge in [0, 0.05) is 44.1 Å². The molecule has 0 bridgehead atoms. The molecule has 3 aromatic rings. The number of thiophene rings is 1. The molecule has 26 heavy (non-hydrogen) atoms. The molecular formula is C19H26N6S. The van der Waals surface area contributed by atoms with Crippen LogP contribution in [0.1, 0.15) is 31.7 Å². The van der Waals surface area contributed by atoms with Crippen molar-refractivity contribution in [3.8, 4) is 0 Å². The third kappa shape index (κ3) is 3.73. The fourth-order valence-corrected chi connectivity index (χ4v) is 4.70. The number of hydrogen-bond donors (Lipinski definition) is 1. The predicted molar refractivity (Wildman–Crippen MR) is 107 cm³/mol. The summed E-state index contributed by atoms with van der Waals surface area (Å²) in [5, 5.41) is 10.3. The third-order valence-corrected chi connectivity index (χ3v) is 6.26. The van der Waals surface area contributed by atoms with E-state index in [0.29, 0.717) is 12.1 Å². The van der Waals surface area contributed by atoms with Crippen molar-refractivity contribution in [1.82, 2.24) is 25.1 Å². The van der Waals surface area contributed by atoms with Gasteiger partial charge in [-0.05, 0) is 50.1 Å². The van der Waals surface area contributed by atoms with E-state index in [0.717, 1.165) is 50.2 Å². The van der Waals surface area contributed by atoms with Crippen molar-refractivity contribution in [3.63, 3.8) is 0 Å². The maximum Gasteiger partial charge on any atom is 0.150 e. The molecule has 1 saturated heterocycles. The molecule has 4 heterocycles. The standard InChI is InChI=1S/C19H26N6S/c1-14-12-26-18-17(14)20-13-21-19(18)24-9-5-16(6-10-24)23-15(2)4-11-25-8-3-7-22-25/h3,7-8,12-13,15-16,23H,4-6,9-11H2,1-2H3/t15-/m1/s1. The van der Waals surface area contributed by atoms with Gasteiger partial charge in [0.1, 0.15) is 12.1 Å². The number of rotatable bonds is 6. The third-order valence-electron chi connectivity index (χ3n) is 5.18. The van der Waals surface area contributed by atoms with Crippen LogP contribution >= 0.6 is 11.3 Å². The zero-order valence-corrected chi connectivity index (χ0v) is 16.2. The van der Waals surface area contributed by atoms with Crippen molar-refractivity contribution in [2.45, 2.75) is 51.7 Å². The van der Waals surface area contributed by atoms with Crippen LogP contribution in [0.2, 0.25) is 0 Å². The summed E-state index contributed by atoms with van der Waals surface area (Å²) in [7, 11) is 0. The Hall–Kier alpha value is -1.99. The van der Waals surface area contributed by atoms with Crippen LogP contribution in [0.15, 0.2) is 30.2 Å². The molecule has 0 spiro atoms. The molecule has 0 saturated carbocycles. The normalized spacial score (nSPS) is 17.1. The van der Waals surface area contributed by atoms with E-state index < -0.39 is 0 Å². The average Bonchev–Trinajstić information content (AvgIpc) is 3.31. The Bertz CT molecular complexity index is 835. The minimum absolute atomic E-state index is 0.501. The summed E-state index contributed by atoms with van der Waals surface area (Å²) >= 11 is 1.76. The number of hydrogen-bond acceptors (Lipinski definition) is 6. The molecule has 138 valence electrons. The first kappa shape index (κ1) is 17.4. The van der Waals surface area contributed by atoms with Gasteiger partial charge in [0.05, 0.1) is 10.2 Å². The van der Waals surface area contributed by atoms with Gasteiger partial charge >= 0.3 is 0 Å². The van der Waals surface area contributed by atoms with Crippen LogP contribution in [0, 0.1) is 6.92 Å². The summed E-state index contributed by atoms with van der Waals surface area (Å²) in [6.45, 7) is 7.46. The lowest BCUT2D eigenvalue weighted by Crippen LogP contribution is -2.46. The summed E-state index contributed by atoms with van der Waals surface area (Å²) in [4.78, 5) is 11.5. The molecule has 7 heteroatoms. The molecule has 1 fully saturated rings. The maximum absolute atomic E-state index is 4.58. The van der Waals surface area contributed by atoms with Gasteiger partial charge in [-0.2, -0.15) is 5.10 Å². The summed E-state index contributed by atoms with van der Waals surface area (Å²) in [5.74, 6) is 1.11. The highest BCUT2D eigenvalue weighted by Gasteiger charge is 2.23. The van der Waals surface area contributed by atoms with Gasteiger partial charge in [0.15, 0.2) is 0 Å².